The van der Waals surface area contributed by atoms with E-state index in [0.29, 0.717) is 5.75 Å². The van der Waals surface area contributed by atoms with Crippen LogP contribution in [-0.4, -0.2) is 12.0 Å². The van der Waals surface area contributed by atoms with Crippen LogP contribution < -0.4 is 9.47 Å². The van der Waals surface area contributed by atoms with Crippen molar-refractivity contribution in [2.24, 2.45) is 0 Å². The summed E-state index contributed by atoms with van der Waals surface area (Å²) in [4.78, 5) is 11.2. The molecule has 5 heteroatoms. The summed E-state index contributed by atoms with van der Waals surface area (Å²) in [5.41, 5.74) is 7.21. The number of nitrogens with zero attached hydrogens (tertiary/aromatic N) is 1. The van der Waals surface area contributed by atoms with Gasteiger partial charge in [-0.25, -0.2) is 0 Å². The summed E-state index contributed by atoms with van der Waals surface area (Å²) in [5, 5.41) is 11.6. The first-order valence-corrected chi connectivity index (χ1v) is 12.4. The van der Waals surface area contributed by atoms with Crippen LogP contribution in [0.3, 0.4) is 0 Å². The van der Waals surface area contributed by atoms with Crippen LogP contribution in [0.2, 0.25) is 0 Å². The zero-order chi connectivity index (χ0) is 26.3. The molecule has 0 heterocycles. The highest BCUT2D eigenvalue weighted by molar-refractivity contribution is 5.86. The third-order valence-corrected chi connectivity index (χ3v) is 7.30. The number of fused-ring (bicyclic) bond motifs is 3. The molecular weight excluding hydrogens is 474 g/mol. The Hall–Kier alpha value is -4.90. The first-order chi connectivity index (χ1) is 18.5. The molecule has 0 bridgehead atoms. The van der Waals surface area contributed by atoms with Crippen LogP contribution in [0.1, 0.15) is 27.8 Å². The van der Waals surface area contributed by atoms with Gasteiger partial charge in [-0.15, -0.1) is 0 Å². The summed E-state index contributed by atoms with van der Waals surface area (Å²) < 4.78 is 11.4. The predicted octanol–water partition coefficient (Wildman–Crippen LogP) is 8.07. The third kappa shape index (κ3) is 3.63. The molecule has 0 aromatic heterocycles. The lowest BCUT2D eigenvalue weighted by atomic mass is 9.68. The molecule has 0 atom stereocenters. The van der Waals surface area contributed by atoms with Crippen molar-refractivity contribution in [2.75, 3.05) is 7.11 Å². The van der Waals surface area contributed by atoms with Gasteiger partial charge in [0.1, 0.15) is 11.5 Å². The molecule has 1 aliphatic carbocycles. The van der Waals surface area contributed by atoms with E-state index >= 15 is 0 Å². The number of ether oxygens (including phenoxy) is 2. The molecule has 38 heavy (non-hydrogen) atoms. The lowest BCUT2D eigenvalue weighted by molar-refractivity contribution is -0.385. The molecule has 0 saturated carbocycles. The molecule has 186 valence electrons. The van der Waals surface area contributed by atoms with Crippen molar-refractivity contribution in [3.8, 4) is 28.4 Å². The van der Waals surface area contributed by atoms with Crippen LogP contribution in [0.15, 0.2) is 115 Å². The number of hydrogen-bond acceptors (Lipinski definition) is 4. The van der Waals surface area contributed by atoms with Crippen LogP contribution in [0.5, 0.6) is 17.2 Å². The fourth-order valence-corrected chi connectivity index (χ4v) is 5.62. The Kier molecular flexibility index (Phi) is 5.69. The third-order valence-electron chi connectivity index (χ3n) is 7.30. The van der Waals surface area contributed by atoms with Gasteiger partial charge in [-0.2, -0.15) is 0 Å². The average Bonchev–Trinajstić information content (AvgIpc) is 3.26. The molecule has 0 N–H and O–H groups in total. The van der Waals surface area contributed by atoms with Gasteiger partial charge in [0, 0.05) is 6.07 Å². The molecule has 0 unspecified atom stereocenters. The molecule has 1 aliphatic rings. The van der Waals surface area contributed by atoms with Crippen molar-refractivity contribution >= 4 is 5.69 Å². The Morgan fingerprint density at radius 1 is 0.684 bits per heavy atom. The average molecular weight is 500 g/mol. The van der Waals surface area contributed by atoms with E-state index in [-0.39, 0.29) is 11.4 Å². The van der Waals surface area contributed by atoms with E-state index in [4.69, 9.17) is 9.47 Å². The Morgan fingerprint density at radius 3 is 1.74 bits per heavy atom. The smallest absolute Gasteiger partial charge is 0.311 e. The second-order valence-corrected chi connectivity index (χ2v) is 9.42. The topological polar surface area (TPSA) is 61.6 Å². The molecule has 0 amide bonds. The van der Waals surface area contributed by atoms with Gasteiger partial charge in [-0.3, -0.25) is 10.1 Å². The second-order valence-electron chi connectivity index (χ2n) is 9.42. The quantitative estimate of drug-likeness (QED) is 0.172. The summed E-state index contributed by atoms with van der Waals surface area (Å²) in [6.07, 6.45) is 0. The molecule has 5 nitrogen and oxygen atoms in total. The molecule has 0 aliphatic heterocycles. The number of benzene rings is 5. The summed E-state index contributed by atoms with van der Waals surface area (Å²) in [6, 6.07) is 38.1. The van der Waals surface area contributed by atoms with Crippen molar-refractivity contribution in [1.29, 1.82) is 0 Å². The van der Waals surface area contributed by atoms with Crippen LogP contribution in [0, 0.1) is 17.0 Å². The second kappa shape index (κ2) is 9.20. The van der Waals surface area contributed by atoms with Crippen molar-refractivity contribution < 1.29 is 14.4 Å². The van der Waals surface area contributed by atoms with Gasteiger partial charge in [0.2, 0.25) is 5.75 Å². The Bertz CT molecular complexity index is 1610. The van der Waals surface area contributed by atoms with Gasteiger partial charge in [0.15, 0.2) is 0 Å². The number of hydrogen-bond donors (Lipinski definition) is 0. The normalized spacial score (nSPS) is 12.9. The zero-order valence-corrected chi connectivity index (χ0v) is 21.0. The van der Waals surface area contributed by atoms with Gasteiger partial charge in [-0.05, 0) is 76.2 Å². The fraction of sp³-hybridized carbons (Fsp3) is 0.0909. The molecule has 0 fully saturated rings. The van der Waals surface area contributed by atoms with Crippen molar-refractivity contribution in [3.05, 3.63) is 153 Å². The van der Waals surface area contributed by atoms with Gasteiger partial charge < -0.3 is 9.47 Å². The minimum Gasteiger partial charge on any atom is -0.497 e. The van der Waals surface area contributed by atoms with Crippen molar-refractivity contribution in [2.45, 2.75) is 12.3 Å². The monoisotopic (exact) mass is 499 g/mol. The van der Waals surface area contributed by atoms with E-state index in [9.17, 15) is 10.1 Å². The van der Waals surface area contributed by atoms with Gasteiger partial charge >= 0.3 is 5.69 Å². The van der Waals surface area contributed by atoms with E-state index in [1.807, 2.05) is 37.3 Å². The highest BCUT2D eigenvalue weighted by Crippen LogP contribution is 2.56. The molecular formula is C33H25NO4. The first-order valence-electron chi connectivity index (χ1n) is 12.4. The number of rotatable bonds is 6. The summed E-state index contributed by atoms with van der Waals surface area (Å²) in [5.74, 6) is 1.55. The Morgan fingerprint density at radius 2 is 1.21 bits per heavy atom. The van der Waals surface area contributed by atoms with Gasteiger partial charge in [-0.1, -0.05) is 78.9 Å². The Balaban J connectivity index is 1.51. The van der Waals surface area contributed by atoms with Crippen molar-refractivity contribution in [1.82, 2.24) is 0 Å². The zero-order valence-electron chi connectivity index (χ0n) is 21.0. The van der Waals surface area contributed by atoms with E-state index in [1.54, 1.807) is 13.2 Å². The summed E-state index contributed by atoms with van der Waals surface area (Å²) in [7, 11) is 1.67. The molecule has 0 radical (unpaired) electrons. The molecule has 0 spiro atoms. The van der Waals surface area contributed by atoms with Crippen LogP contribution in [-0.2, 0) is 5.41 Å². The van der Waals surface area contributed by atoms with Crippen LogP contribution >= 0.6 is 0 Å². The lowest BCUT2D eigenvalue weighted by Gasteiger charge is -2.34. The SMILES string of the molecule is COc1ccc(C2(c3ccc(Oc4ccc(C)cc4[N+](=O)[O-])cc3)c3ccccc3-c3ccccc32)cc1. The number of methoxy groups -OCH3 is 1. The first kappa shape index (κ1) is 23.5. The Labute approximate surface area is 221 Å². The van der Waals surface area contributed by atoms with Crippen LogP contribution in [0.4, 0.5) is 5.69 Å². The maximum absolute atomic E-state index is 11.6. The highest BCUT2D eigenvalue weighted by Gasteiger charge is 2.45. The van der Waals surface area contributed by atoms with E-state index < -0.39 is 10.3 Å². The number of nitro benzene ring substituents is 1. The molecule has 6 rings (SSSR count). The largest absolute Gasteiger partial charge is 0.497 e. The molecule has 0 saturated heterocycles. The molecule has 5 aromatic rings. The minimum atomic E-state index is -0.548. The van der Waals surface area contributed by atoms with Gasteiger partial charge in [0.05, 0.1) is 17.4 Å². The highest BCUT2D eigenvalue weighted by atomic mass is 16.6. The van der Waals surface area contributed by atoms with E-state index in [0.717, 1.165) is 22.4 Å². The maximum atomic E-state index is 11.6. The summed E-state index contributed by atoms with van der Waals surface area (Å²) in [6.45, 7) is 1.82. The number of aryl methyl sites for hydroxylation is 1. The van der Waals surface area contributed by atoms with E-state index in [2.05, 4.69) is 72.8 Å². The van der Waals surface area contributed by atoms with Crippen molar-refractivity contribution in [3.63, 3.8) is 0 Å². The minimum absolute atomic E-state index is 0.0533. The van der Waals surface area contributed by atoms with E-state index in [1.165, 1.54) is 28.3 Å². The standard InChI is InChI=1S/C33H25NO4/c1-22-11-20-32(31(21-22)34(35)36)38-26-18-14-24(15-19-26)33(23-12-16-25(37-2)17-13-23)29-9-5-3-7-27(29)28-8-4-6-10-30(28)33/h3-21H,1-2H3. The van der Waals surface area contributed by atoms with Gasteiger partial charge in [0.25, 0.3) is 0 Å². The summed E-state index contributed by atoms with van der Waals surface area (Å²) >= 11 is 0. The predicted molar refractivity (Wildman–Crippen MR) is 148 cm³/mol. The van der Waals surface area contributed by atoms with Crippen LogP contribution in [0.25, 0.3) is 11.1 Å². The lowest BCUT2D eigenvalue weighted by Crippen LogP contribution is -2.28. The number of nitro groups is 1. The molecule has 5 aromatic carbocycles. The fourth-order valence-electron chi connectivity index (χ4n) is 5.62. The maximum Gasteiger partial charge on any atom is 0.311 e.